The summed E-state index contributed by atoms with van der Waals surface area (Å²) in [4.78, 5) is 10.0. The van der Waals surface area contributed by atoms with Crippen LogP contribution in [0, 0.1) is 10.1 Å². The minimum absolute atomic E-state index is 0.145. The molecule has 1 aromatic carbocycles. The van der Waals surface area contributed by atoms with Crippen molar-refractivity contribution in [2.24, 2.45) is 0 Å². The van der Waals surface area contributed by atoms with Gasteiger partial charge in [-0.3, -0.25) is 10.1 Å². The zero-order valence-corrected chi connectivity index (χ0v) is 8.91. The van der Waals surface area contributed by atoms with Crippen LogP contribution >= 0.6 is 12.6 Å². The highest BCUT2D eigenvalue weighted by atomic mass is 32.1. The van der Waals surface area contributed by atoms with Gasteiger partial charge in [0.25, 0.3) is 5.69 Å². The smallest absolute Gasteiger partial charge is 0.258 e. The van der Waals surface area contributed by atoms with E-state index >= 15 is 0 Å². The van der Waals surface area contributed by atoms with Gasteiger partial charge in [-0.25, -0.2) is 0 Å². The van der Waals surface area contributed by atoms with Gasteiger partial charge in [-0.15, -0.1) is 0 Å². The predicted molar refractivity (Wildman–Crippen MR) is 60.0 cm³/mol. The molecule has 76 valence electrons. The number of thiol groups is 1. The lowest BCUT2D eigenvalue weighted by atomic mass is 9.98. The summed E-state index contributed by atoms with van der Waals surface area (Å²) in [6, 6.07) is 6.72. The van der Waals surface area contributed by atoms with E-state index in [-0.39, 0.29) is 10.6 Å². The van der Waals surface area contributed by atoms with Gasteiger partial charge in [0.1, 0.15) is 0 Å². The van der Waals surface area contributed by atoms with Crippen LogP contribution in [0.25, 0.3) is 0 Å². The van der Waals surface area contributed by atoms with E-state index in [1.54, 1.807) is 12.1 Å². The van der Waals surface area contributed by atoms with Crippen molar-refractivity contribution in [2.75, 3.05) is 5.75 Å². The number of hydrogen-bond acceptors (Lipinski definition) is 3. The van der Waals surface area contributed by atoms with Crippen molar-refractivity contribution in [2.45, 2.75) is 19.3 Å². The summed E-state index contributed by atoms with van der Waals surface area (Å²) >= 11 is 4.15. The minimum atomic E-state index is -0.382. The lowest BCUT2D eigenvalue weighted by Gasteiger charge is -2.09. The van der Waals surface area contributed by atoms with E-state index in [9.17, 15) is 10.1 Å². The second-order valence-corrected chi connectivity index (χ2v) is 3.71. The third kappa shape index (κ3) is 2.73. The Labute approximate surface area is 88.7 Å². The van der Waals surface area contributed by atoms with Crippen LogP contribution in [0.15, 0.2) is 24.3 Å². The van der Waals surface area contributed by atoms with E-state index in [0.29, 0.717) is 5.92 Å². The lowest BCUT2D eigenvalue weighted by molar-refractivity contribution is -0.384. The van der Waals surface area contributed by atoms with E-state index in [1.165, 1.54) is 0 Å². The Bertz CT molecular complexity index is 310. The molecular formula is C10H13NO2S. The van der Waals surface area contributed by atoms with Gasteiger partial charge in [0.15, 0.2) is 0 Å². The number of non-ortho nitro benzene ring substituents is 1. The molecule has 1 rings (SSSR count). The molecule has 0 N–H and O–H groups in total. The van der Waals surface area contributed by atoms with Crippen molar-refractivity contribution in [3.63, 3.8) is 0 Å². The zero-order chi connectivity index (χ0) is 10.6. The molecule has 0 saturated heterocycles. The van der Waals surface area contributed by atoms with Crippen LogP contribution in [-0.2, 0) is 0 Å². The number of nitro benzene ring substituents is 1. The monoisotopic (exact) mass is 211 g/mol. The summed E-state index contributed by atoms with van der Waals surface area (Å²) in [5.41, 5.74) is 1.27. The molecule has 0 fully saturated rings. The SMILES string of the molecule is CC(CCS)c1ccc([N+](=O)[O-])cc1. The molecule has 0 spiro atoms. The van der Waals surface area contributed by atoms with Crippen LogP contribution in [0.4, 0.5) is 5.69 Å². The van der Waals surface area contributed by atoms with Crippen LogP contribution in [0.1, 0.15) is 24.8 Å². The Morgan fingerprint density at radius 3 is 2.43 bits per heavy atom. The van der Waals surface area contributed by atoms with Crippen molar-refractivity contribution in [1.82, 2.24) is 0 Å². The molecule has 0 saturated carbocycles. The predicted octanol–water partition coefficient (Wildman–Crippen LogP) is 3.02. The van der Waals surface area contributed by atoms with Gasteiger partial charge in [0, 0.05) is 12.1 Å². The van der Waals surface area contributed by atoms with Gasteiger partial charge in [-0.1, -0.05) is 19.1 Å². The number of nitro groups is 1. The highest BCUT2D eigenvalue weighted by Gasteiger charge is 2.07. The Morgan fingerprint density at radius 2 is 2.00 bits per heavy atom. The summed E-state index contributed by atoms with van der Waals surface area (Å²) in [6.45, 7) is 2.09. The third-order valence-corrected chi connectivity index (χ3v) is 2.49. The standard InChI is InChI=1S/C10H13NO2S/c1-8(6-7-14)9-2-4-10(5-3-9)11(12)13/h2-5,8,14H,6-7H2,1H3. The highest BCUT2D eigenvalue weighted by molar-refractivity contribution is 7.80. The largest absolute Gasteiger partial charge is 0.269 e. The first-order valence-corrected chi connectivity index (χ1v) is 5.13. The summed E-state index contributed by atoms with van der Waals surface area (Å²) in [5.74, 6) is 1.24. The van der Waals surface area contributed by atoms with E-state index in [1.807, 2.05) is 12.1 Å². The second kappa shape index (κ2) is 5.00. The molecule has 0 aliphatic carbocycles. The van der Waals surface area contributed by atoms with Crippen molar-refractivity contribution in [1.29, 1.82) is 0 Å². The fourth-order valence-electron chi connectivity index (χ4n) is 1.28. The first-order valence-electron chi connectivity index (χ1n) is 4.50. The van der Waals surface area contributed by atoms with Crippen LogP contribution in [-0.4, -0.2) is 10.7 Å². The highest BCUT2D eigenvalue weighted by Crippen LogP contribution is 2.21. The number of nitrogens with zero attached hydrogens (tertiary/aromatic N) is 1. The first-order chi connectivity index (χ1) is 6.65. The average molecular weight is 211 g/mol. The van der Waals surface area contributed by atoms with Gasteiger partial charge < -0.3 is 0 Å². The van der Waals surface area contributed by atoms with Crippen LogP contribution in [0.2, 0.25) is 0 Å². The molecule has 0 aliphatic rings. The average Bonchev–Trinajstić information content (AvgIpc) is 2.18. The van der Waals surface area contributed by atoms with Crippen LogP contribution in [0.5, 0.6) is 0 Å². The summed E-state index contributed by atoms with van der Waals surface area (Å²) in [6.07, 6.45) is 0.987. The van der Waals surface area contributed by atoms with E-state index in [0.717, 1.165) is 17.7 Å². The number of hydrogen-bond donors (Lipinski definition) is 1. The quantitative estimate of drug-likeness (QED) is 0.472. The van der Waals surface area contributed by atoms with Crippen molar-refractivity contribution < 1.29 is 4.92 Å². The van der Waals surface area contributed by atoms with Gasteiger partial charge in [0.05, 0.1) is 4.92 Å². The van der Waals surface area contributed by atoms with Gasteiger partial charge in [-0.2, -0.15) is 12.6 Å². The molecule has 3 nitrogen and oxygen atoms in total. The van der Waals surface area contributed by atoms with Crippen molar-refractivity contribution >= 4 is 18.3 Å². The Morgan fingerprint density at radius 1 is 1.43 bits per heavy atom. The Balaban J connectivity index is 2.77. The van der Waals surface area contributed by atoms with E-state index in [4.69, 9.17) is 0 Å². The minimum Gasteiger partial charge on any atom is -0.258 e. The molecule has 1 aromatic rings. The molecule has 4 heteroatoms. The number of benzene rings is 1. The molecular weight excluding hydrogens is 198 g/mol. The molecule has 14 heavy (non-hydrogen) atoms. The zero-order valence-electron chi connectivity index (χ0n) is 8.01. The topological polar surface area (TPSA) is 43.1 Å². The Hall–Kier alpha value is -1.03. The molecule has 1 unspecified atom stereocenters. The molecule has 0 bridgehead atoms. The molecule has 0 heterocycles. The van der Waals surface area contributed by atoms with Crippen LogP contribution < -0.4 is 0 Å². The fraction of sp³-hybridized carbons (Fsp3) is 0.400. The molecule has 0 radical (unpaired) electrons. The molecule has 0 amide bonds. The maximum Gasteiger partial charge on any atom is 0.269 e. The van der Waals surface area contributed by atoms with E-state index in [2.05, 4.69) is 19.6 Å². The van der Waals surface area contributed by atoms with Gasteiger partial charge in [-0.05, 0) is 23.7 Å². The first kappa shape index (κ1) is 11.0. The Kier molecular flexibility index (Phi) is 3.95. The fourth-order valence-corrected chi connectivity index (χ4v) is 1.67. The van der Waals surface area contributed by atoms with Gasteiger partial charge >= 0.3 is 0 Å². The van der Waals surface area contributed by atoms with Gasteiger partial charge in [0.2, 0.25) is 0 Å². The molecule has 1 atom stereocenters. The molecule has 0 aromatic heterocycles. The van der Waals surface area contributed by atoms with E-state index < -0.39 is 0 Å². The second-order valence-electron chi connectivity index (χ2n) is 3.26. The van der Waals surface area contributed by atoms with Crippen LogP contribution in [0.3, 0.4) is 0 Å². The molecule has 0 aliphatic heterocycles. The lowest BCUT2D eigenvalue weighted by Crippen LogP contribution is -1.95. The normalized spacial score (nSPS) is 12.4. The van der Waals surface area contributed by atoms with Crippen molar-refractivity contribution in [3.05, 3.63) is 39.9 Å². The summed E-state index contributed by atoms with van der Waals surface area (Å²) < 4.78 is 0. The third-order valence-electron chi connectivity index (χ3n) is 2.24. The maximum absolute atomic E-state index is 10.4. The number of rotatable bonds is 4. The van der Waals surface area contributed by atoms with Crippen molar-refractivity contribution in [3.8, 4) is 0 Å². The summed E-state index contributed by atoms with van der Waals surface area (Å²) in [5, 5.41) is 10.4. The maximum atomic E-state index is 10.4. The summed E-state index contributed by atoms with van der Waals surface area (Å²) in [7, 11) is 0.